The first-order chi connectivity index (χ1) is 20.6. The number of rotatable bonds is 1. The first-order valence-electron chi connectivity index (χ1n) is 14.7. The highest BCUT2D eigenvalue weighted by atomic mass is 19.4. The highest BCUT2D eigenvalue weighted by molar-refractivity contribution is 5.96. The topological polar surface area (TPSA) is 85.6 Å². The van der Waals surface area contributed by atoms with Gasteiger partial charge in [0.25, 0.3) is 5.91 Å². The van der Waals surface area contributed by atoms with E-state index in [1.165, 1.54) is 4.57 Å². The van der Waals surface area contributed by atoms with Gasteiger partial charge in [-0.3, -0.25) is 9.48 Å². The Morgan fingerprint density at radius 2 is 1.88 bits per heavy atom. The smallest absolute Gasteiger partial charge is 0.381 e. The number of hydrogen-bond acceptors (Lipinski definition) is 6. The van der Waals surface area contributed by atoms with Gasteiger partial charge in [0, 0.05) is 36.0 Å². The van der Waals surface area contributed by atoms with Crippen molar-refractivity contribution < 1.29 is 27.4 Å². The summed E-state index contributed by atoms with van der Waals surface area (Å²) in [6.07, 6.45) is -2.68. The molecule has 0 radical (unpaired) electrons. The molecule has 2 aromatic heterocycles. The number of likely N-dealkylation sites (tertiary alicyclic amines) is 1. The second kappa shape index (κ2) is 13.4. The number of halogens is 3. The van der Waals surface area contributed by atoms with Gasteiger partial charge in [-0.15, -0.1) is 0 Å². The Bertz CT molecular complexity index is 1500. The van der Waals surface area contributed by atoms with Crippen molar-refractivity contribution in [3.8, 4) is 11.8 Å². The fourth-order valence-corrected chi connectivity index (χ4v) is 6.06. The Kier molecular flexibility index (Phi) is 9.64. The van der Waals surface area contributed by atoms with Gasteiger partial charge in [0.05, 0.1) is 55.4 Å². The van der Waals surface area contributed by atoms with E-state index in [4.69, 9.17) is 9.47 Å². The highest BCUT2D eigenvalue weighted by Gasteiger charge is 2.31. The average Bonchev–Trinajstić information content (AvgIpc) is 3.43. The maximum atomic E-state index is 13.7. The SMILES string of the molecule is Cc1nn2c(C)c1C(=O)NCC#Cc1cc3c(cccc3n1CC(F)(F)F)N[C@H]1CCN(C)C[C@@H]1CCOCCOCC2. The van der Waals surface area contributed by atoms with Gasteiger partial charge in [-0.25, -0.2) is 0 Å². The molecule has 232 valence electrons. The minimum absolute atomic E-state index is 0.0259. The lowest BCUT2D eigenvalue weighted by Gasteiger charge is -2.38. The van der Waals surface area contributed by atoms with Crippen LogP contribution in [0, 0.1) is 31.6 Å². The molecule has 2 N–H and O–H groups in total. The summed E-state index contributed by atoms with van der Waals surface area (Å²) in [5.74, 6) is 5.71. The van der Waals surface area contributed by atoms with Gasteiger partial charge in [0.15, 0.2) is 0 Å². The van der Waals surface area contributed by atoms with E-state index in [2.05, 4.69) is 39.5 Å². The number of carbonyl (C=O) groups excluding carboxylic acids is 1. The van der Waals surface area contributed by atoms with Crippen molar-refractivity contribution in [3.63, 3.8) is 0 Å². The molecule has 1 saturated heterocycles. The summed E-state index contributed by atoms with van der Waals surface area (Å²) in [4.78, 5) is 15.3. The zero-order valence-electron chi connectivity index (χ0n) is 24.9. The van der Waals surface area contributed by atoms with E-state index in [1.807, 2.05) is 13.0 Å². The first kappa shape index (κ1) is 30.9. The molecule has 0 aliphatic carbocycles. The van der Waals surface area contributed by atoms with Crippen LogP contribution in [0.3, 0.4) is 0 Å². The zero-order valence-corrected chi connectivity index (χ0v) is 24.9. The lowest BCUT2D eigenvalue weighted by atomic mass is 9.89. The number of alkyl halides is 3. The number of aryl methyl sites for hydroxylation is 1. The summed E-state index contributed by atoms with van der Waals surface area (Å²) in [7, 11) is 2.10. The monoisotopic (exact) mass is 600 g/mol. The van der Waals surface area contributed by atoms with E-state index in [0.29, 0.717) is 66.7 Å². The lowest BCUT2D eigenvalue weighted by molar-refractivity contribution is -0.140. The molecular weight excluding hydrogens is 561 g/mol. The van der Waals surface area contributed by atoms with Crippen LogP contribution in [0.4, 0.5) is 18.9 Å². The number of amides is 1. The highest BCUT2D eigenvalue weighted by Crippen LogP contribution is 2.32. The molecule has 0 saturated carbocycles. The molecule has 9 nitrogen and oxygen atoms in total. The van der Waals surface area contributed by atoms with Gasteiger partial charge in [-0.1, -0.05) is 12.0 Å². The number of nitrogens with one attached hydrogen (secondary N) is 2. The second-order valence-corrected chi connectivity index (χ2v) is 11.3. The van der Waals surface area contributed by atoms with Gasteiger partial charge < -0.3 is 29.6 Å². The predicted molar refractivity (Wildman–Crippen MR) is 158 cm³/mol. The molecule has 2 atom stereocenters. The van der Waals surface area contributed by atoms with E-state index in [9.17, 15) is 18.0 Å². The lowest BCUT2D eigenvalue weighted by Crippen LogP contribution is -2.45. The third-order valence-corrected chi connectivity index (χ3v) is 8.18. The van der Waals surface area contributed by atoms with Crippen LogP contribution in [-0.4, -0.2) is 90.5 Å². The maximum Gasteiger partial charge on any atom is 0.406 e. The van der Waals surface area contributed by atoms with Gasteiger partial charge >= 0.3 is 6.18 Å². The molecule has 12 heteroatoms. The first-order valence-corrected chi connectivity index (χ1v) is 14.7. The molecule has 0 spiro atoms. The average molecular weight is 601 g/mol. The van der Waals surface area contributed by atoms with E-state index in [0.717, 1.165) is 31.6 Å². The predicted octanol–water partition coefficient (Wildman–Crippen LogP) is 3.97. The number of carbonyl (C=O) groups is 1. The summed E-state index contributed by atoms with van der Waals surface area (Å²) >= 11 is 0. The van der Waals surface area contributed by atoms with Crippen molar-refractivity contribution in [1.29, 1.82) is 0 Å². The minimum atomic E-state index is -4.43. The number of hydrogen-bond donors (Lipinski definition) is 2. The summed E-state index contributed by atoms with van der Waals surface area (Å²) in [5.41, 5.74) is 3.22. The Morgan fingerprint density at radius 3 is 2.67 bits per heavy atom. The Hall–Kier alpha value is -3.53. The third kappa shape index (κ3) is 7.52. The molecule has 2 aliphatic heterocycles. The van der Waals surface area contributed by atoms with Crippen molar-refractivity contribution in [2.75, 3.05) is 58.4 Å². The quantitative estimate of drug-likeness (QED) is 0.412. The summed E-state index contributed by atoms with van der Waals surface area (Å²) in [5, 5.41) is 11.6. The largest absolute Gasteiger partial charge is 0.406 e. The molecule has 4 heterocycles. The van der Waals surface area contributed by atoms with Crippen LogP contribution in [0.2, 0.25) is 0 Å². The molecular formula is C31H39F3N6O3. The molecule has 1 fully saturated rings. The van der Waals surface area contributed by atoms with Crippen LogP contribution in [0.25, 0.3) is 10.9 Å². The number of anilines is 1. The van der Waals surface area contributed by atoms with Gasteiger partial charge in [0.2, 0.25) is 0 Å². The molecule has 43 heavy (non-hydrogen) atoms. The Morgan fingerprint density at radius 1 is 1.09 bits per heavy atom. The van der Waals surface area contributed by atoms with Crippen molar-refractivity contribution in [2.45, 2.75) is 52.0 Å². The van der Waals surface area contributed by atoms with Crippen molar-refractivity contribution in [3.05, 3.63) is 46.9 Å². The molecule has 1 amide bonds. The van der Waals surface area contributed by atoms with Gasteiger partial charge in [-0.2, -0.15) is 18.3 Å². The normalized spacial score (nSPS) is 21.5. The second-order valence-electron chi connectivity index (χ2n) is 11.3. The summed E-state index contributed by atoms with van der Waals surface area (Å²) in [6.45, 7) is 6.66. The fraction of sp³-hybridized carbons (Fsp3) is 0.548. The maximum absolute atomic E-state index is 13.7. The minimum Gasteiger partial charge on any atom is -0.381 e. The number of ether oxygens (including phenoxy) is 2. The number of fused-ring (bicyclic) bond motifs is 4. The van der Waals surface area contributed by atoms with Crippen LogP contribution < -0.4 is 10.6 Å². The van der Waals surface area contributed by atoms with Crippen molar-refractivity contribution >= 4 is 22.5 Å². The molecule has 0 unspecified atom stereocenters. The van der Waals surface area contributed by atoms with E-state index >= 15 is 0 Å². The van der Waals surface area contributed by atoms with Crippen LogP contribution in [0.5, 0.6) is 0 Å². The number of nitrogens with zero attached hydrogens (tertiary/aromatic N) is 4. The number of piperidine rings is 1. The van der Waals surface area contributed by atoms with E-state index in [1.54, 1.807) is 29.8 Å². The van der Waals surface area contributed by atoms with Gasteiger partial charge in [0.1, 0.15) is 6.54 Å². The molecule has 3 aromatic rings. The molecule has 2 aliphatic rings. The van der Waals surface area contributed by atoms with Crippen LogP contribution in [-0.2, 0) is 22.6 Å². The molecule has 5 rings (SSSR count). The van der Waals surface area contributed by atoms with Crippen LogP contribution in [0.15, 0.2) is 24.3 Å². The van der Waals surface area contributed by atoms with Crippen molar-refractivity contribution in [2.24, 2.45) is 5.92 Å². The van der Waals surface area contributed by atoms with Crippen LogP contribution >= 0.6 is 0 Å². The third-order valence-electron chi connectivity index (χ3n) is 8.18. The van der Waals surface area contributed by atoms with E-state index < -0.39 is 12.7 Å². The summed E-state index contributed by atoms with van der Waals surface area (Å²) in [6, 6.07) is 7.22. The Labute approximate surface area is 249 Å². The number of benzene rings is 1. The standard InChI is InChI=1S/C31H39F3N6O3/c1-21-29-22(2)40(37-21)13-15-43-17-16-42-14-10-23-19-38(3)12-9-26(23)36-27-7-4-8-28-25(27)18-24(6-5-11-35-30(29)41)39(28)20-31(32,33)34/h4,7-8,18,23,26,36H,9-17,19-20H2,1-3H3,(H,35,41)/t23-,26-/m0/s1. The van der Waals surface area contributed by atoms with Crippen LogP contribution in [0.1, 0.15) is 40.3 Å². The van der Waals surface area contributed by atoms with E-state index in [-0.39, 0.29) is 24.2 Å². The van der Waals surface area contributed by atoms with Crippen molar-refractivity contribution in [1.82, 2.24) is 24.6 Å². The van der Waals surface area contributed by atoms with Gasteiger partial charge in [-0.05, 0) is 70.3 Å². The summed E-state index contributed by atoms with van der Waals surface area (Å²) < 4.78 is 55.6. The fourth-order valence-electron chi connectivity index (χ4n) is 6.06. The number of aromatic nitrogens is 3. The molecule has 1 aromatic carbocycles. The molecule has 4 bridgehead atoms. The Balaban J connectivity index is 1.47. The zero-order chi connectivity index (χ0) is 30.6.